The summed E-state index contributed by atoms with van der Waals surface area (Å²) < 4.78 is 2.28. The Morgan fingerprint density at radius 3 is 2.15 bits per heavy atom. The molecular formula is C18H16ClN. The molecule has 0 saturated carbocycles. The van der Waals surface area contributed by atoms with Crippen molar-refractivity contribution in [1.82, 2.24) is 4.57 Å². The highest BCUT2D eigenvalue weighted by molar-refractivity contribution is 6.30. The Bertz CT molecular complexity index is 724. The van der Waals surface area contributed by atoms with Crippen LogP contribution in [0.5, 0.6) is 0 Å². The lowest BCUT2D eigenvalue weighted by Gasteiger charge is -2.10. The second-order valence-electron chi connectivity index (χ2n) is 4.96. The van der Waals surface area contributed by atoms with Crippen molar-refractivity contribution in [3.63, 3.8) is 0 Å². The minimum absolute atomic E-state index is 0.769. The van der Waals surface area contributed by atoms with Crippen LogP contribution in [0, 0.1) is 13.8 Å². The molecule has 1 aromatic heterocycles. The van der Waals surface area contributed by atoms with Gasteiger partial charge in [-0.2, -0.15) is 0 Å². The number of nitrogens with zero attached hydrogens (tertiary/aromatic N) is 1. The summed E-state index contributed by atoms with van der Waals surface area (Å²) in [6, 6.07) is 20.7. The zero-order valence-corrected chi connectivity index (χ0v) is 12.4. The fraction of sp³-hybridized carbons (Fsp3) is 0.111. The fourth-order valence-electron chi connectivity index (χ4n) is 2.66. The lowest BCUT2D eigenvalue weighted by molar-refractivity contribution is 0.967. The van der Waals surface area contributed by atoms with E-state index in [1.54, 1.807) is 0 Å². The zero-order chi connectivity index (χ0) is 14.1. The van der Waals surface area contributed by atoms with Crippen LogP contribution in [0.1, 0.15) is 11.4 Å². The Balaban J connectivity index is 2.14. The first-order valence-corrected chi connectivity index (χ1v) is 7.05. The maximum Gasteiger partial charge on any atom is 0.0455 e. The van der Waals surface area contributed by atoms with Crippen LogP contribution in [-0.2, 0) is 0 Å². The van der Waals surface area contributed by atoms with E-state index in [-0.39, 0.29) is 0 Å². The van der Waals surface area contributed by atoms with Crippen LogP contribution in [0.2, 0.25) is 5.02 Å². The van der Waals surface area contributed by atoms with Gasteiger partial charge in [0.2, 0.25) is 0 Å². The summed E-state index contributed by atoms with van der Waals surface area (Å²) in [5.74, 6) is 0. The Morgan fingerprint density at radius 1 is 0.850 bits per heavy atom. The molecule has 0 unspecified atom stereocenters. The number of benzene rings is 2. The van der Waals surface area contributed by atoms with Gasteiger partial charge in [0.15, 0.2) is 0 Å². The van der Waals surface area contributed by atoms with E-state index in [0.717, 1.165) is 5.02 Å². The highest BCUT2D eigenvalue weighted by atomic mass is 35.5. The van der Waals surface area contributed by atoms with E-state index in [2.05, 4.69) is 60.9 Å². The van der Waals surface area contributed by atoms with Crippen LogP contribution in [0.15, 0.2) is 60.7 Å². The van der Waals surface area contributed by atoms with Crippen molar-refractivity contribution >= 4 is 11.6 Å². The molecule has 0 aliphatic carbocycles. The molecule has 3 rings (SSSR count). The summed E-state index contributed by atoms with van der Waals surface area (Å²) in [6.07, 6.45) is 0. The number of aryl methyl sites for hydroxylation is 1. The lowest BCUT2D eigenvalue weighted by atomic mass is 10.1. The Morgan fingerprint density at radius 2 is 1.50 bits per heavy atom. The van der Waals surface area contributed by atoms with Crippen LogP contribution in [0.25, 0.3) is 16.8 Å². The predicted molar refractivity (Wildman–Crippen MR) is 85.7 cm³/mol. The van der Waals surface area contributed by atoms with Crippen molar-refractivity contribution in [2.75, 3.05) is 0 Å². The van der Waals surface area contributed by atoms with E-state index in [9.17, 15) is 0 Å². The molecule has 0 fully saturated rings. The molecule has 3 aromatic rings. The van der Waals surface area contributed by atoms with Gasteiger partial charge in [-0.25, -0.2) is 0 Å². The number of hydrogen-bond acceptors (Lipinski definition) is 0. The summed E-state index contributed by atoms with van der Waals surface area (Å²) in [5.41, 5.74) is 6.13. The molecule has 0 N–H and O–H groups in total. The molecular weight excluding hydrogens is 266 g/mol. The van der Waals surface area contributed by atoms with Gasteiger partial charge >= 0.3 is 0 Å². The Hall–Kier alpha value is -1.99. The molecule has 0 spiro atoms. The highest BCUT2D eigenvalue weighted by Crippen LogP contribution is 2.30. The summed E-state index contributed by atoms with van der Waals surface area (Å²) in [6.45, 7) is 4.29. The number of aromatic nitrogens is 1. The number of halogens is 1. The van der Waals surface area contributed by atoms with E-state index < -0.39 is 0 Å². The smallest absolute Gasteiger partial charge is 0.0455 e. The van der Waals surface area contributed by atoms with Gasteiger partial charge in [-0.3, -0.25) is 0 Å². The van der Waals surface area contributed by atoms with E-state index in [4.69, 9.17) is 11.6 Å². The average Bonchev–Trinajstić information content (AvgIpc) is 2.76. The highest BCUT2D eigenvalue weighted by Gasteiger charge is 2.11. The van der Waals surface area contributed by atoms with Crippen molar-refractivity contribution in [2.24, 2.45) is 0 Å². The minimum Gasteiger partial charge on any atom is -0.318 e. The number of rotatable bonds is 2. The Labute approximate surface area is 124 Å². The van der Waals surface area contributed by atoms with Crippen LogP contribution >= 0.6 is 11.6 Å². The summed E-state index contributed by atoms with van der Waals surface area (Å²) in [4.78, 5) is 0. The molecule has 20 heavy (non-hydrogen) atoms. The van der Waals surface area contributed by atoms with Gasteiger partial charge in [0.05, 0.1) is 0 Å². The molecule has 0 bridgehead atoms. The van der Waals surface area contributed by atoms with Gasteiger partial charge < -0.3 is 4.57 Å². The minimum atomic E-state index is 0.769. The second-order valence-corrected chi connectivity index (χ2v) is 5.40. The predicted octanol–water partition coefficient (Wildman–Crippen LogP) is 5.41. The van der Waals surface area contributed by atoms with Crippen molar-refractivity contribution < 1.29 is 0 Å². The Kier molecular flexibility index (Phi) is 3.37. The van der Waals surface area contributed by atoms with E-state index >= 15 is 0 Å². The third kappa shape index (κ3) is 2.25. The van der Waals surface area contributed by atoms with Crippen LogP contribution in [-0.4, -0.2) is 4.57 Å². The largest absolute Gasteiger partial charge is 0.318 e. The molecule has 0 aliphatic rings. The number of para-hydroxylation sites is 1. The van der Waals surface area contributed by atoms with Crippen LogP contribution < -0.4 is 0 Å². The standard InChI is InChI=1S/C18H16ClN/c1-13-12-18(15-8-10-16(19)11-9-15)14(2)20(13)17-6-4-3-5-7-17/h3-12H,1-2H3. The van der Waals surface area contributed by atoms with Gasteiger partial charge in [0.1, 0.15) is 0 Å². The lowest BCUT2D eigenvalue weighted by Crippen LogP contribution is -1.98. The van der Waals surface area contributed by atoms with Crippen LogP contribution in [0.4, 0.5) is 0 Å². The van der Waals surface area contributed by atoms with E-state index in [0.29, 0.717) is 0 Å². The molecule has 100 valence electrons. The van der Waals surface area contributed by atoms with E-state index in [1.165, 1.54) is 28.2 Å². The molecule has 1 nitrogen and oxygen atoms in total. The fourth-order valence-corrected chi connectivity index (χ4v) is 2.78. The topological polar surface area (TPSA) is 4.93 Å². The summed E-state index contributed by atoms with van der Waals surface area (Å²) in [5, 5.41) is 0.769. The first kappa shape index (κ1) is 13.0. The maximum atomic E-state index is 5.97. The van der Waals surface area contributed by atoms with Crippen LogP contribution in [0.3, 0.4) is 0 Å². The summed E-state index contributed by atoms with van der Waals surface area (Å²) in [7, 11) is 0. The first-order chi connectivity index (χ1) is 9.66. The average molecular weight is 282 g/mol. The van der Waals surface area contributed by atoms with Crippen molar-refractivity contribution in [3.05, 3.63) is 77.1 Å². The molecule has 0 amide bonds. The first-order valence-electron chi connectivity index (χ1n) is 6.67. The molecule has 0 aliphatic heterocycles. The van der Waals surface area contributed by atoms with Gasteiger partial charge in [-0.15, -0.1) is 0 Å². The molecule has 2 heteroatoms. The number of hydrogen-bond donors (Lipinski definition) is 0. The third-order valence-electron chi connectivity index (χ3n) is 3.60. The van der Waals surface area contributed by atoms with Crippen molar-refractivity contribution in [1.29, 1.82) is 0 Å². The second kappa shape index (κ2) is 5.18. The molecule has 0 radical (unpaired) electrons. The molecule has 2 aromatic carbocycles. The van der Waals surface area contributed by atoms with Gasteiger partial charge in [-0.05, 0) is 49.7 Å². The van der Waals surface area contributed by atoms with Gasteiger partial charge in [0.25, 0.3) is 0 Å². The zero-order valence-electron chi connectivity index (χ0n) is 11.6. The molecule has 1 heterocycles. The quantitative estimate of drug-likeness (QED) is 0.591. The normalized spacial score (nSPS) is 10.8. The summed E-state index contributed by atoms with van der Waals surface area (Å²) >= 11 is 5.97. The molecule has 0 saturated heterocycles. The SMILES string of the molecule is Cc1cc(-c2ccc(Cl)cc2)c(C)n1-c1ccccc1. The third-order valence-corrected chi connectivity index (χ3v) is 3.85. The van der Waals surface area contributed by atoms with Crippen molar-refractivity contribution in [2.45, 2.75) is 13.8 Å². The van der Waals surface area contributed by atoms with Gasteiger partial charge in [0, 0.05) is 27.7 Å². The maximum absolute atomic E-state index is 5.97. The molecule has 0 atom stereocenters. The van der Waals surface area contributed by atoms with Crippen molar-refractivity contribution in [3.8, 4) is 16.8 Å². The van der Waals surface area contributed by atoms with E-state index in [1.807, 2.05) is 18.2 Å². The monoisotopic (exact) mass is 281 g/mol. The van der Waals surface area contributed by atoms with Gasteiger partial charge in [-0.1, -0.05) is 41.9 Å².